The van der Waals surface area contributed by atoms with Gasteiger partial charge in [-0.15, -0.1) is 11.8 Å². The van der Waals surface area contributed by atoms with Crippen LogP contribution in [0.1, 0.15) is 44.7 Å². The van der Waals surface area contributed by atoms with Gasteiger partial charge in [-0.05, 0) is 36.3 Å². The van der Waals surface area contributed by atoms with Gasteiger partial charge in [-0.1, -0.05) is 38.8 Å². The maximum absolute atomic E-state index is 6.21. The van der Waals surface area contributed by atoms with Crippen molar-refractivity contribution in [3.8, 4) is 0 Å². The highest BCUT2D eigenvalue weighted by atomic mass is 32.2. The van der Waals surface area contributed by atoms with Crippen LogP contribution in [0.15, 0.2) is 29.2 Å². The number of hydrogen-bond donors (Lipinski definition) is 1. The van der Waals surface area contributed by atoms with Crippen molar-refractivity contribution in [1.29, 1.82) is 0 Å². The first kappa shape index (κ1) is 13.6. The second kappa shape index (κ2) is 6.97. The summed E-state index contributed by atoms with van der Waals surface area (Å²) in [7, 11) is 0. The second-order valence-corrected chi connectivity index (χ2v) is 5.39. The molecule has 2 unspecified atom stereocenters. The Labute approximate surface area is 104 Å². The summed E-state index contributed by atoms with van der Waals surface area (Å²) in [5.41, 5.74) is 7.48. The van der Waals surface area contributed by atoms with E-state index >= 15 is 0 Å². The normalized spacial score (nSPS) is 14.8. The van der Waals surface area contributed by atoms with Crippen LogP contribution in [0.2, 0.25) is 0 Å². The van der Waals surface area contributed by atoms with Gasteiger partial charge in [0.2, 0.25) is 0 Å². The van der Waals surface area contributed by atoms with E-state index < -0.39 is 0 Å². The summed E-state index contributed by atoms with van der Waals surface area (Å²) in [4.78, 5) is 1.30. The van der Waals surface area contributed by atoms with E-state index in [4.69, 9.17) is 5.73 Å². The lowest BCUT2D eigenvalue weighted by Gasteiger charge is -2.17. The van der Waals surface area contributed by atoms with Gasteiger partial charge in [0.15, 0.2) is 0 Å². The average Bonchev–Trinajstić information content (AvgIpc) is 2.29. The molecule has 0 aliphatic heterocycles. The summed E-state index contributed by atoms with van der Waals surface area (Å²) in [6.45, 7) is 4.52. The first-order valence-corrected chi connectivity index (χ1v) is 7.29. The molecule has 2 heteroatoms. The molecule has 0 radical (unpaired) electrons. The molecule has 0 aliphatic carbocycles. The van der Waals surface area contributed by atoms with Crippen molar-refractivity contribution in [1.82, 2.24) is 0 Å². The van der Waals surface area contributed by atoms with Crippen LogP contribution in [0.3, 0.4) is 0 Å². The molecule has 90 valence electrons. The smallest absolute Gasteiger partial charge is 0.0297 e. The highest BCUT2D eigenvalue weighted by Gasteiger charge is 2.10. The molecule has 16 heavy (non-hydrogen) atoms. The molecule has 0 fully saturated rings. The number of nitrogens with two attached hydrogens (primary N) is 1. The molecule has 0 heterocycles. The van der Waals surface area contributed by atoms with Crippen LogP contribution >= 0.6 is 11.8 Å². The van der Waals surface area contributed by atoms with Gasteiger partial charge < -0.3 is 5.73 Å². The Morgan fingerprint density at radius 3 is 2.38 bits per heavy atom. The van der Waals surface area contributed by atoms with E-state index in [2.05, 4.69) is 44.4 Å². The van der Waals surface area contributed by atoms with Gasteiger partial charge in [0.1, 0.15) is 0 Å². The van der Waals surface area contributed by atoms with Gasteiger partial charge in [0, 0.05) is 10.9 Å². The van der Waals surface area contributed by atoms with Crippen LogP contribution in [-0.4, -0.2) is 6.26 Å². The van der Waals surface area contributed by atoms with Crippen molar-refractivity contribution in [3.05, 3.63) is 29.8 Å². The van der Waals surface area contributed by atoms with Crippen LogP contribution in [0.25, 0.3) is 0 Å². The summed E-state index contributed by atoms with van der Waals surface area (Å²) in [6, 6.07) is 8.83. The molecule has 0 saturated carbocycles. The molecule has 0 bridgehead atoms. The van der Waals surface area contributed by atoms with Gasteiger partial charge >= 0.3 is 0 Å². The monoisotopic (exact) mass is 237 g/mol. The van der Waals surface area contributed by atoms with Crippen molar-refractivity contribution >= 4 is 11.8 Å². The zero-order chi connectivity index (χ0) is 12.0. The standard InChI is InChI=1S/C14H23NS/c1-4-5-11(2)10-14(15)12-6-8-13(16-3)9-7-12/h6-9,11,14H,4-5,10,15H2,1-3H3. The lowest BCUT2D eigenvalue weighted by molar-refractivity contribution is 0.440. The van der Waals surface area contributed by atoms with Crippen LogP contribution in [0.4, 0.5) is 0 Å². The van der Waals surface area contributed by atoms with Gasteiger partial charge in [0.05, 0.1) is 0 Å². The summed E-state index contributed by atoms with van der Waals surface area (Å²) in [6.07, 6.45) is 5.71. The fourth-order valence-corrected chi connectivity index (χ4v) is 2.44. The van der Waals surface area contributed by atoms with E-state index in [0.29, 0.717) is 0 Å². The highest BCUT2D eigenvalue weighted by molar-refractivity contribution is 7.98. The van der Waals surface area contributed by atoms with E-state index in [0.717, 1.165) is 12.3 Å². The molecule has 0 spiro atoms. The highest BCUT2D eigenvalue weighted by Crippen LogP contribution is 2.23. The Balaban J connectivity index is 2.55. The minimum Gasteiger partial charge on any atom is -0.324 e. The summed E-state index contributed by atoms with van der Waals surface area (Å²) >= 11 is 1.77. The summed E-state index contributed by atoms with van der Waals surface area (Å²) in [5, 5.41) is 0. The van der Waals surface area contributed by atoms with Crippen LogP contribution < -0.4 is 5.73 Å². The van der Waals surface area contributed by atoms with Gasteiger partial charge in [0.25, 0.3) is 0 Å². The third kappa shape index (κ3) is 4.18. The molecular weight excluding hydrogens is 214 g/mol. The van der Waals surface area contributed by atoms with Crippen molar-refractivity contribution in [2.24, 2.45) is 11.7 Å². The van der Waals surface area contributed by atoms with E-state index in [9.17, 15) is 0 Å². The third-order valence-electron chi connectivity index (χ3n) is 2.98. The van der Waals surface area contributed by atoms with Crippen LogP contribution in [0, 0.1) is 5.92 Å². The molecular formula is C14H23NS. The van der Waals surface area contributed by atoms with Crippen molar-refractivity contribution in [2.45, 2.75) is 44.0 Å². The lowest BCUT2D eigenvalue weighted by Crippen LogP contribution is -2.14. The fourth-order valence-electron chi connectivity index (χ4n) is 2.03. The Bertz CT molecular complexity index is 294. The molecule has 0 saturated heterocycles. The molecule has 2 N–H and O–H groups in total. The molecule has 0 aliphatic rings. The maximum atomic E-state index is 6.21. The van der Waals surface area contributed by atoms with Crippen molar-refractivity contribution < 1.29 is 0 Å². The quantitative estimate of drug-likeness (QED) is 0.749. The second-order valence-electron chi connectivity index (χ2n) is 4.51. The number of benzene rings is 1. The largest absolute Gasteiger partial charge is 0.324 e. The van der Waals surface area contributed by atoms with E-state index in [1.54, 1.807) is 11.8 Å². The Morgan fingerprint density at radius 2 is 1.88 bits per heavy atom. The number of hydrogen-bond acceptors (Lipinski definition) is 2. The van der Waals surface area contributed by atoms with E-state index in [-0.39, 0.29) is 6.04 Å². The molecule has 1 aromatic carbocycles. The first-order chi connectivity index (χ1) is 7.67. The zero-order valence-electron chi connectivity index (χ0n) is 10.6. The lowest BCUT2D eigenvalue weighted by atomic mass is 9.94. The summed E-state index contributed by atoms with van der Waals surface area (Å²) in [5.74, 6) is 0.722. The predicted octanol–water partition coefficient (Wildman–Crippen LogP) is 4.23. The Kier molecular flexibility index (Phi) is 5.93. The predicted molar refractivity (Wildman–Crippen MR) is 73.8 cm³/mol. The SMILES string of the molecule is CCCC(C)CC(N)c1ccc(SC)cc1. The van der Waals surface area contributed by atoms with E-state index in [1.165, 1.54) is 23.3 Å². The van der Waals surface area contributed by atoms with Gasteiger partial charge in [-0.25, -0.2) is 0 Å². The Morgan fingerprint density at radius 1 is 1.25 bits per heavy atom. The average molecular weight is 237 g/mol. The van der Waals surface area contributed by atoms with Crippen molar-refractivity contribution in [2.75, 3.05) is 6.26 Å². The third-order valence-corrected chi connectivity index (χ3v) is 3.73. The molecule has 1 aromatic rings. The molecule has 2 atom stereocenters. The molecule has 1 nitrogen and oxygen atoms in total. The van der Waals surface area contributed by atoms with Crippen LogP contribution in [-0.2, 0) is 0 Å². The molecule has 0 aromatic heterocycles. The van der Waals surface area contributed by atoms with Gasteiger partial charge in [-0.2, -0.15) is 0 Å². The van der Waals surface area contributed by atoms with E-state index in [1.807, 2.05) is 0 Å². The minimum atomic E-state index is 0.192. The fraction of sp³-hybridized carbons (Fsp3) is 0.571. The number of thioether (sulfide) groups is 1. The first-order valence-electron chi connectivity index (χ1n) is 6.06. The topological polar surface area (TPSA) is 26.0 Å². The molecule has 1 rings (SSSR count). The maximum Gasteiger partial charge on any atom is 0.0297 e. The van der Waals surface area contributed by atoms with Crippen LogP contribution in [0.5, 0.6) is 0 Å². The minimum absolute atomic E-state index is 0.192. The van der Waals surface area contributed by atoms with Gasteiger partial charge in [-0.3, -0.25) is 0 Å². The summed E-state index contributed by atoms with van der Waals surface area (Å²) < 4.78 is 0. The zero-order valence-corrected chi connectivity index (χ0v) is 11.4. The number of rotatable bonds is 6. The Hall–Kier alpha value is -0.470. The molecule has 0 amide bonds. The van der Waals surface area contributed by atoms with Crippen molar-refractivity contribution in [3.63, 3.8) is 0 Å².